The van der Waals surface area contributed by atoms with E-state index in [1.165, 1.54) is 12.1 Å². The van der Waals surface area contributed by atoms with E-state index < -0.39 is 0 Å². The topological polar surface area (TPSA) is 75.0 Å². The number of aromatic amines is 1. The van der Waals surface area contributed by atoms with E-state index in [1.807, 2.05) is 4.90 Å². The lowest BCUT2D eigenvalue weighted by Crippen LogP contribution is -2.54. The summed E-state index contributed by atoms with van der Waals surface area (Å²) in [6.07, 6.45) is 0.789. The molecule has 1 saturated heterocycles. The molecule has 1 aromatic carbocycles. The van der Waals surface area contributed by atoms with E-state index in [-0.39, 0.29) is 35.6 Å². The zero-order valence-corrected chi connectivity index (χ0v) is 14.6. The lowest BCUT2D eigenvalue weighted by atomic mass is 9.79. The Morgan fingerprint density at radius 1 is 1.38 bits per heavy atom. The number of hydrogen-bond donors (Lipinski definition) is 2. The van der Waals surface area contributed by atoms with Crippen molar-refractivity contribution in [3.63, 3.8) is 0 Å². The second-order valence-electron chi connectivity index (χ2n) is 6.78. The molecule has 3 N–H and O–H groups in total. The summed E-state index contributed by atoms with van der Waals surface area (Å²) >= 11 is 0. The summed E-state index contributed by atoms with van der Waals surface area (Å²) in [5, 5.41) is 6.95. The minimum absolute atomic E-state index is 0. The highest BCUT2D eigenvalue weighted by molar-refractivity contribution is 5.93. The van der Waals surface area contributed by atoms with Gasteiger partial charge in [0.2, 0.25) is 0 Å². The standard InChI is InChI=1S/C17H21FN4O.ClH/c1-17(2)10-22(8-7-15(17)19)16(23)14-9-13(20-21-14)11-3-5-12(18)6-4-11;/h3-6,9,15H,7-8,10,19H2,1-2H3,(H,20,21);1H. The molecule has 1 amide bonds. The van der Waals surface area contributed by atoms with Crippen LogP contribution in [-0.2, 0) is 0 Å². The van der Waals surface area contributed by atoms with Gasteiger partial charge < -0.3 is 10.6 Å². The number of aromatic nitrogens is 2. The Morgan fingerprint density at radius 2 is 2.04 bits per heavy atom. The van der Waals surface area contributed by atoms with Crippen LogP contribution in [0.2, 0.25) is 0 Å². The fourth-order valence-corrected chi connectivity index (χ4v) is 2.92. The van der Waals surface area contributed by atoms with Gasteiger partial charge in [-0.15, -0.1) is 12.4 Å². The molecule has 0 bridgehead atoms. The average Bonchev–Trinajstić information content (AvgIpc) is 3.00. The molecule has 7 heteroatoms. The zero-order valence-electron chi connectivity index (χ0n) is 13.8. The Balaban J connectivity index is 0.00000208. The average molecular weight is 353 g/mol. The highest BCUT2D eigenvalue weighted by Crippen LogP contribution is 2.28. The van der Waals surface area contributed by atoms with Gasteiger partial charge in [-0.2, -0.15) is 5.10 Å². The van der Waals surface area contributed by atoms with E-state index in [0.717, 1.165) is 12.0 Å². The summed E-state index contributed by atoms with van der Waals surface area (Å²) in [7, 11) is 0. The molecule has 2 aromatic rings. The summed E-state index contributed by atoms with van der Waals surface area (Å²) in [6, 6.07) is 7.84. The molecule has 1 aromatic heterocycles. The number of nitrogens with two attached hydrogens (primary N) is 1. The number of piperidine rings is 1. The summed E-state index contributed by atoms with van der Waals surface area (Å²) < 4.78 is 13.0. The van der Waals surface area contributed by atoms with Crippen molar-refractivity contribution in [2.45, 2.75) is 26.3 Å². The second kappa shape index (κ2) is 6.91. The number of halogens is 2. The third-order valence-electron chi connectivity index (χ3n) is 4.55. The van der Waals surface area contributed by atoms with Crippen molar-refractivity contribution in [1.82, 2.24) is 15.1 Å². The molecule has 1 aliphatic heterocycles. The Bertz CT molecular complexity index is 714. The third-order valence-corrected chi connectivity index (χ3v) is 4.55. The number of nitrogens with zero attached hydrogens (tertiary/aromatic N) is 2. The molecule has 1 unspecified atom stereocenters. The van der Waals surface area contributed by atoms with Crippen LogP contribution in [0.15, 0.2) is 30.3 Å². The first kappa shape index (κ1) is 18.4. The van der Waals surface area contributed by atoms with Crippen molar-refractivity contribution in [3.8, 4) is 11.3 Å². The summed E-state index contributed by atoms with van der Waals surface area (Å²) in [5.74, 6) is -0.377. The quantitative estimate of drug-likeness (QED) is 0.872. The van der Waals surface area contributed by atoms with Crippen molar-refractivity contribution in [2.24, 2.45) is 11.1 Å². The largest absolute Gasteiger partial charge is 0.337 e. The predicted octanol–water partition coefficient (Wildman–Crippen LogP) is 2.84. The number of likely N-dealkylation sites (tertiary alicyclic amines) is 1. The maximum Gasteiger partial charge on any atom is 0.271 e. The first-order chi connectivity index (χ1) is 10.9. The molecule has 0 saturated carbocycles. The van der Waals surface area contributed by atoms with E-state index in [9.17, 15) is 9.18 Å². The van der Waals surface area contributed by atoms with Gasteiger partial charge in [0.25, 0.3) is 5.91 Å². The number of benzene rings is 1. The normalized spacial score (nSPS) is 19.7. The number of carbonyl (C=O) groups is 1. The fraction of sp³-hybridized carbons (Fsp3) is 0.412. The van der Waals surface area contributed by atoms with Crippen molar-refractivity contribution in [1.29, 1.82) is 0 Å². The Hall–Kier alpha value is -1.92. The van der Waals surface area contributed by atoms with Crippen LogP contribution in [0.4, 0.5) is 4.39 Å². The van der Waals surface area contributed by atoms with Gasteiger partial charge in [0.15, 0.2) is 0 Å². The molecule has 1 fully saturated rings. The van der Waals surface area contributed by atoms with Gasteiger partial charge in [0, 0.05) is 24.7 Å². The van der Waals surface area contributed by atoms with Crippen LogP contribution in [-0.4, -0.2) is 40.1 Å². The number of carbonyl (C=O) groups excluding carboxylic acids is 1. The first-order valence-corrected chi connectivity index (χ1v) is 7.73. The summed E-state index contributed by atoms with van der Waals surface area (Å²) in [5.41, 5.74) is 7.85. The zero-order chi connectivity index (χ0) is 16.6. The molecular weight excluding hydrogens is 331 g/mol. The maximum absolute atomic E-state index is 13.0. The molecule has 5 nitrogen and oxygen atoms in total. The fourth-order valence-electron chi connectivity index (χ4n) is 2.92. The van der Waals surface area contributed by atoms with Gasteiger partial charge in [-0.1, -0.05) is 13.8 Å². The minimum atomic E-state index is -0.299. The van der Waals surface area contributed by atoms with E-state index >= 15 is 0 Å². The van der Waals surface area contributed by atoms with E-state index in [0.29, 0.717) is 24.5 Å². The predicted molar refractivity (Wildman–Crippen MR) is 93.5 cm³/mol. The van der Waals surface area contributed by atoms with Crippen LogP contribution in [0.25, 0.3) is 11.3 Å². The van der Waals surface area contributed by atoms with Gasteiger partial charge in [-0.3, -0.25) is 9.89 Å². The van der Waals surface area contributed by atoms with Crippen molar-refractivity contribution in [3.05, 3.63) is 41.8 Å². The lowest BCUT2D eigenvalue weighted by molar-refractivity contribution is 0.0527. The smallest absolute Gasteiger partial charge is 0.271 e. The molecule has 24 heavy (non-hydrogen) atoms. The van der Waals surface area contributed by atoms with Crippen LogP contribution in [0, 0.1) is 11.2 Å². The number of H-pyrrole nitrogens is 1. The summed E-state index contributed by atoms with van der Waals surface area (Å²) in [4.78, 5) is 14.5. The van der Waals surface area contributed by atoms with E-state index in [2.05, 4.69) is 24.0 Å². The first-order valence-electron chi connectivity index (χ1n) is 7.73. The molecule has 2 heterocycles. The third kappa shape index (κ3) is 3.60. The van der Waals surface area contributed by atoms with Crippen LogP contribution in [0.3, 0.4) is 0 Å². The lowest BCUT2D eigenvalue weighted by Gasteiger charge is -2.42. The molecule has 130 valence electrons. The number of nitrogens with one attached hydrogen (secondary N) is 1. The second-order valence-corrected chi connectivity index (χ2v) is 6.78. The summed E-state index contributed by atoms with van der Waals surface area (Å²) in [6.45, 7) is 5.42. The highest BCUT2D eigenvalue weighted by atomic mass is 35.5. The Labute approximate surface area is 146 Å². The van der Waals surface area contributed by atoms with Crippen LogP contribution >= 0.6 is 12.4 Å². The van der Waals surface area contributed by atoms with Crippen molar-refractivity contribution < 1.29 is 9.18 Å². The Morgan fingerprint density at radius 3 is 2.67 bits per heavy atom. The van der Waals surface area contributed by atoms with Gasteiger partial charge in [-0.25, -0.2) is 4.39 Å². The monoisotopic (exact) mass is 352 g/mol. The molecule has 0 aliphatic carbocycles. The molecule has 1 atom stereocenters. The van der Waals surface area contributed by atoms with Crippen LogP contribution in [0.1, 0.15) is 30.8 Å². The molecule has 0 spiro atoms. The van der Waals surface area contributed by atoms with Crippen LogP contribution < -0.4 is 5.73 Å². The van der Waals surface area contributed by atoms with Gasteiger partial charge in [-0.05, 0) is 42.2 Å². The van der Waals surface area contributed by atoms with Gasteiger partial charge >= 0.3 is 0 Å². The number of rotatable bonds is 2. The number of hydrogen-bond acceptors (Lipinski definition) is 3. The molecular formula is C17H22ClFN4O. The highest BCUT2D eigenvalue weighted by Gasteiger charge is 2.36. The molecule has 3 rings (SSSR count). The Kier molecular flexibility index (Phi) is 5.30. The molecule has 1 aliphatic rings. The van der Waals surface area contributed by atoms with Crippen molar-refractivity contribution >= 4 is 18.3 Å². The molecule has 0 radical (unpaired) electrons. The van der Waals surface area contributed by atoms with Crippen molar-refractivity contribution in [2.75, 3.05) is 13.1 Å². The van der Waals surface area contributed by atoms with Gasteiger partial charge in [0.05, 0.1) is 5.69 Å². The SMILES string of the molecule is CC1(C)CN(C(=O)c2cc(-c3ccc(F)cc3)n[nH]2)CCC1N.Cl. The van der Waals surface area contributed by atoms with Gasteiger partial charge in [0.1, 0.15) is 11.5 Å². The van der Waals surface area contributed by atoms with Crippen LogP contribution in [0.5, 0.6) is 0 Å². The maximum atomic E-state index is 13.0. The van der Waals surface area contributed by atoms with E-state index in [1.54, 1.807) is 18.2 Å². The minimum Gasteiger partial charge on any atom is -0.337 e. The van der Waals surface area contributed by atoms with E-state index in [4.69, 9.17) is 5.73 Å². The number of amides is 1.